The lowest BCUT2D eigenvalue weighted by Gasteiger charge is -2.08. The van der Waals surface area contributed by atoms with Gasteiger partial charge in [-0.3, -0.25) is 9.97 Å². The fraction of sp³-hybridized carbons (Fsp3) is 0.167. The van der Waals surface area contributed by atoms with Crippen molar-refractivity contribution in [1.29, 1.82) is 0 Å². The van der Waals surface area contributed by atoms with Crippen molar-refractivity contribution in [2.45, 2.75) is 39.5 Å². The van der Waals surface area contributed by atoms with Crippen molar-refractivity contribution in [3.63, 3.8) is 0 Å². The third-order valence-corrected chi connectivity index (χ3v) is 7.90. The molecule has 7 rings (SSSR count). The van der Waals surface area contributed by atoms with Crippen molar-refractivity contribution >= 4 is 43.5 Å². The second kappa shape index (κ2) is 9.06. The number of rotatable bonds is 4. The van der Waals surface area contributed by atoms with Crippen LogP contribution in [0, 0.1) is 0 Å². The zero-order valence-corrected chi connectivity index (χ0v) is 22.7. The lowest BCUT2D eigenvalue weighted by Crippen LogP contribution is -1.89. The van der Waals surface area contributed by atoms with E-state index in [1.54, 1.807) is 0 Å². The Balaban J connectivity index is 1.38. The van der Waals surface area contributed by atoms with Crippen molar-refractivity contribution in [3.05, 3.63) is 108 Å². The molecule has 0 N–H and O–H groups in total. The van der Waals surface area contributed by atoms with Crippen LogP contribution in [0.15, 0.2) is 102 Å². The molecule has 0 aliphatic carbocycles. The van der Waals surface area contributed by atoms with E-state index in [9.17, 15) is 0 Å². The first-order chi connectivity index (χ1) is 19.0. The average molecular weight is 507 g/mol. The molecule has 0 fully saturated rings. The first-order valence-electron chi connectivity index (χ1n) is 13.7. The smallest absolute Gasteiger partial charge is 0.144 e. The summed E-state index contributed by atoms with van der Waals surface area (Å²) in [5, 5.41) is 6.85. The number of hydrogen-bond donors (Lipinski definition) is 0. The highest BCUT2D eigenvalue weighted by atomic mass is 16.3. The van der Waals surface area contributed by atoms with Gasteiger partial charge in [0.05, 0.1) is 11.4 Å². The lowest BCUT2D eigenvalue weighted by atomic mass is 9.98. The van der Waals surface area contributed by atoms with Crippen LogP contribution in [0.2, 0.25) is 0 Å². The van der Waals surface area contributed by atoms with Gasteiger partial charge in [0.25, 0.3) is 0 Å². The third-order valence-electron chi connectivity index (χ3n) is 7.90. The van der Waals surface area contributed by atoms with Gasteiger partial charge in [0.15, 0.2) is 0 Å². The number of fused-ring (bicyclic) bond motifs is 5. The summed E-state index contributed by atoms with van der Waals surface area (Å²) < 4.78 is 6.67. The number of nitrogens with zero attached hydrogens (tertiary/aromatic N) is 2. The maximum atomic E-state index is 6.67. The Morgan fingerprint density at radius 2 is 0.974 bits per heavy atom. The average Bonchev–Trinajstić information content (AvgIpc) is 3.35. The standard InChI is InChI=1S/C36H30N2O/c1-21(2)23-11-13-25-17-33(37-19-27(25)15-23)31-9-5-7-29-30-8-6-10-32(36(30)39-35(29)31)34-18-26-14-12-24(22(3)4)16-28(26)20-38-34/h5-22H,1-4H3. The SMILES string of the molecule is CC(C)c1ccc2cc(-c3cccc4c3oc3c(-c5cc6ccc(C(C)C)cc6cn5)cccc34)ncc2c1. The molecule has 0 spiro atoms. The lowest BCUT2D eigenvalue weighted by molar-refractivity contribution is 0.670. The van der Waals surface area contributed by atoms with Gasteiger partial charge in [-0.2, -0.15) is 0 Å². The number of para-hydroxylation sites is 2. The minimum Gasteiger partial charge on any atom is -0.455 e. The van der Waals surface area contributed by atoms with Crippen molar-refractivity contribution in [2.75, 3.05) is 0 Å². The van der Waals surface area contributed by atoms with E-state index >= 15 is 0 Å². The summed E-state index contributed by atoms with van der Waals surface area (Å²) >= 11 is 0. The van der Waals surface area contributed by atoms with E-state index in [2.05, 4.69) is 113 Å². The molecule has 3 heterocycles. The second-order valence-corrected chi connectivity index (χ2v) is 11.1. The second-order valence-electron chi connectivity index (χ2n) is 11.1. The normalized spacial score (nSPS) is 12.1. The minimum atomic E-state index is 0.488. The summed E-state index contributed by atoms with van der Waals surface area (Å²) in [5.41, 5.74) is 8.18. The van der Waals surface area contributed by atoms with Crippen LogP contribution in [0.25, 0.3) is 66.0 Å². The van der Waals surface area contributed by atoms with E-state index in [0.717, 1.165) is 55.2 Å². The number of hydrogen-bond acceptors (Lipinski definition) is 3. The third kappa shape index (κ3) is 3.97. The van der Waals surface area contributed by atoms with Gasteiger partial charge in [-0.15, -0.1) is 0 Å². The van der Waals surface area contributed by atoms with E-state index in [1.165, 1.54) is 21.9 Å². The topological polar surface area (TPSA) is 38.9 Å². The van der Waals surface area contributed by atoms with Crippen LogP contribution in [-0.4, -0.2) is 9.97 Å². The van der Waals surface area contributed by atoms with Gasteiger partial charge in [0, 0.05) is 45.1 Å². The van der Waals surface area contributed by atoms with E-state index in [0.29, 0.717) is 11.8 Å². The fourth-order valence-corrected chi connectivity index (χ4v) is 5.56. The van der Waals surface area contributed by atoms with E-state index in [4.69, 9.17) is 14.4 Å². The molecular weight excluding hydrogens is 476 g/mol. The van der Waals surface area contributed by atoms with Crippen molar-refractivity contribution in [2.24, 2.45) is 0 Å². The van der Waals surface area contributed by atoms with Gasteiger partial charge >= 0.3 is 0 Å². The number of pyridine rings is 2. The predicted molar refractivity (Wildman–Crippen MR) is 163 cm³/mol. The van der Waals surface area contributed by atoms with Gasteiger partial charge in [-0.25, -0.2) is 0 Å². The Morgan fingerprint density at radius 1 is 0.513 bits per heavy atom. The Morgan fingerprint density at radius 3 is 1.41 bits per heavy atom. The number of benzene rings is 4. The van der Waals surface area contributed by atoms with Gasteiger partial charge < -0.3 is 4.42 Å². The first-order valence-corrected chi connectivity index (χ1v) is 13.7. The molecule has 0 amide bonds. The first kappa shape index (κ1) is 23.6. The molecular formula is C36H30N2O. The van der Waals surface area contributed by atoms with Crippen LogP contribution in [0.1, 0.15) is 50.7 Å². The molecule has 190 valence electrons. The molecule has 0 bridgehead atoms. The predicted octanol–water partition coefficient (Wildman–Crippen LogP) is 10.3. The maximum Gasteiger partial charge on any atom is 0.144 e. The highest BCUT2D eigenvalue weighted by Gasteiger charge is 2.17. The zero-order valence-electron chi connectivity index (χ0n) is 22.7. The van der Waals surface area contributed by atoms with Crippen molar-refractivity contribution in [1.82, 2.24) is 9.97 Å². The highest BCUT2D eigenvalue weighted by molar-refractivity contribution is 6.13. The largest absolute Gasteiger partial charge is 0.455 e. The molecule has 0 atom stereocenters. The van der Waals surface area contributed by atoms with E-state index in [1.807, 2.05) is 12.4 Å². The molecule has 4 aromatic carbocycles. The fourth-order valence-electron chi connectivity index (χ4n) is 5.56. The Labute approximate surface area is 228 Å². The summed E-state index contributed by atoms with van der Waals surface area (Å²) in [6.45, 7) is 8.87. The Kier molecular flexibility index (Phi) is 5.48. The molecule has 7 aromatic rings. The molecule has 0 aliphatic heterocycles. The monoisotopic (exact) mass is 506 g/mol. The molecule has 0 unspecified atom stereocenters. The summed E-state index contributed by atoms with van der Waals surface area (Å²) in [7, 11) is 0. The molecule has 3 heteroatoms. The van der Waals surface area contributed by atoms with Crippen LogP contribution in [0.4, 0.5) is 0 Å². The van der Waals surface area contributed by atoms with Crippen LogP contribution < -0.4 is 0 Å². The number of aromatic nitrogens is 2. The molecule has 3 nitrogen and oxygen atoms in total. The summed E-state index contributed by atoms with van der Waals surface area (Å²) in [6, 6.07) is 30.3. The molecule has 0 aliphatic rings. The van der Waals surface area contributed by atoms with Gasteiger partial charge in [0.1, 0.15) is 11.2 Å². The van der Waals surface area contributed by atoms with Gasteiger partial charge in [-0.05, 0) is 70.1 Å². The Bertz CT molecular complexity index is 1880. The summed E-state index contributed by atoms with van der Waals surface area (Å²) in [4.78, 5) is 9.72. The molecule has 0 saturated heterocycles. The van der Waals surface area contributed by atoms with E-state index < -0.39 is 0 Å². The summed E-state index contributed by atoms with van der Waals surface area (Å²) in [6.07, 6.45) is 3.96. The molecule has 0 radical (unpaired) electrons. The van der Waals surface area contributed by atoms with Crippen LogP contribution in [0.3, 0.4) is 0 Å². The highest BCUT2D eigenvalue weighted by Crippen LogP contribution is 2.40. The van der Waals surface area contributed by atoms with Crippen LogP contribution >= 0.6 is 0 Å². The molecule has 39 heavy (non-hydrogen) atoms. The molecule has 3 aromatic heterocycles. The van der Waals surface area contributed by atoms with Crippen LogP contribution in [0.5, 0.6) is 0 Å². The van der Waals surface area contributed by atoms with Crippen LogP contribution in [-0.2, 0) is 0 Å². The maximum absolute atomic E-state index is 6.67. The summed E-state index contributed by atoms with van der Waals surface area (Å²) in [5.74, 6) is 0.976. The minimum absolute atomic E-state index is 0.488. The Hall–Kier alpha value is -4.50. The number of furan rings is 1. The quantitative estimate of drug-likeness (QED) is 0.238. The van der Waals surface area contributed by atoms with Gasteiger partial charge in [0.2, 0.25) is 0 Å². The van der Waals surface area contributed by atoms with Crippen molar-refractivity contribution in [3.8, 4) is 22.5 Å². The van der Waals surface area contributed by atoms with E-state index in [-0.39, 0.29) is 0 Å². The zero-order chi connectivity index (χ0) is 26.7. The van der Waals surface area contributed by atoms with Gasteiger partial charge in [-0.1, -0.05) is 76.2 Å². The van der Waals surface area contributed by atoms with Crippen molar-refractivity contribution < 1.29 is 4.42 Å². The molecule has 0 saturated carbocycles.